The van der Waals surface area contributed by atoms with Crippen molar-refractivity contribution in [3.8, 4) is 0 Å². The molecular weight excluding hydrogens is 461 g/mol. The van der Waals surface area contributed by atoms with Crippen molar-refractivity contribution in [3.63, 3.8) is 0 Å². The lowest BCUT2D eigenvalue weighted by molar-refractivity contribution is -0.137. The fourth-order valence-electron chi connectivity index (χ4n) is 3.08. The summed E-state index contributed by atoms with van der Waals surface area (Å²) in [5, 5.41) is 0. The van der Waals surface area contributed by atoms with E-state index in [1.54, 1.807) is 13.0 Å². The molecule has 5 nitrogen and oxygen atoms in total. The van der Waals surface area contributed by atoms with Crippen molar-refractivity contribution in [2.75, 3.05) is 16.2 Å². The molecule has 1 N–H and O–H groups in total. The molecule has 0 aliphatic carbocycles. The van der Waals surface area contributed by atoms with Crippen LogP contribution in [0.3, 0.4) is 0 Å². The first-order valence-corrected chi connectivity index (χ1v) is 10.6. The van der Waals surface area contributed by atoms with E-state index in [1.165, 1.54) is 17.0 Å². The Kier molecular flexibility index (Phi) is 5.46. The average molecular weight is 477 g/mol. The number of carbonyl (C=O) groups is 1. The van der Waals surface area contributed by atoms with E-state index in [-0.39, 0.29) is 28.6 Å². The molecule has 0 unspecified atom stereocenters. The molecule has 3 rings (SSSR count). The van der Waals surface area contributed by atoms with E-state index in [2.05, 4.69) is 20.7 Å². The van der Waals surface area contributed by atoms with E-state index in [1.807, 2.05) is 0 Å². The SMILES string of the molecule is CCC(=O)N1CCc2cc(Br)cc(S(=O)(=O)Nc3cccc(C(F)(F)F)c3)c21. The third kappa shape index (κ3) is 4.02. The maximum atomic E-state index is 13.0. The van der Waals surface area contributed by atoms with Crippen LogP contribution in [0.2, 0.25) is 0 Å². The van der Waals surface area contributed by atoms with Gasteiger partial charge in [0.05, 0.1) is 11.3 Å². The van der Waals surface area contributed by atoms with Crippen LogP contribution in [0.1, 0.15) is 24.5 Å². The second kappa shape index (κ2) is 7.40. The molecule has 2 aromatic carbocycles. The normalized spacial score (nSPS) is 14.1. The van der Waals surface area contributed by atoms with Crippen molar-refractivity contribution in [2.45, 2.75) is 30.8 Å². The molecule has 0 spiro atoms. The van der Waals surface area contributed by atoms with Crippen molar-refractivity contribution in [2.24, 2.45) is 0 Å². The monoisotopic (exact) mass is 476 g/mol. The molecule has 150 valence electrons. The van der Waals surface area contributed by atoms with Gasteiger partial charge in [0.15, 0.2) is 0 Å². The summed E-state index contributed by atoms with van der Waals surface area (Å²) in [5.41, 5.74) is -0.222. The molecule has 1 aliphatic heterocycles. The van der Waals surface area contributed by atoms with Gasteiger partial charge < -0.3 is 4.90 Å². The summed E-state index contributed by atoms with van der Waals surface area (Å²) in [6, 6.07) is 7.03. The Bertz CT molecular complexity index is 1040. The van der Waals surface area contributed by atoms with E-state index in [0.29, 0.717) is 23.0 Å². The zero-order chi connectivity index (χ0) is 20.7. The zero-order valence-corrected chi connectivity index (χ0v) is 17.1. The second-order valence-electron chi connectivity index (χ2n) is 6.24. The van der Waals surface area contributed by atoms with Gasteiger partial charge in [-0.25, -0.2) is 8.42 Å². The van der Waals surface area contributed by atoms with Gasteiger partial charge in [-0.2, -0.15) is 13.2 Å². The molecule has 10 heteroatoms. The number of benzene rings is 2. The molecular formula is C18H16BrF3N2O3S. The number of nitrogens with one attached hydrogen (secondary N) is 1. The summed E-state index contributed by atoms with van der Waals surface area (Å²) < 4.78 is 67.4. The molecule has 1 aliphatic rings. The molecule has 0 aromatic heterocycles. The van der Waals surface area contributed by atoms with Gasteiger partial charge >= 0.3 is 6.18 Å². The summed E-state index contributed by atoms with van der Waals surface area (Å²) in [5.74, 6) is -0.225. The standard InChI is InChI=1S/C18H16BrF3N2O3S/c1-2-16(25)24-7-6-11-8-13(19)10-15(17(11)24)28(26,27)23-14-5-3-4-12(9-14)18(20,21)22/h3-5,8-10,23H,2,6-7H2,1H3. The molecule has 28 heavy (non-hydrogen) atoms. The minimum Gasteiger partial charge on any atom is -0.310 e. The maximum Gasteiger partial charge on any atom is 0.416 e. The number of hydrogen-bond donors (Lipinski definition) is 1. The highest BCUT2D eigenvalue weighted by Gasteiger charge is 2.33. The van der Waals surface area contributed by atoms with Crippen LogP contribution in [0.15, 0.2) is 45.8 Å². The third-order valence-electron chi connectivity index (χ3n) is 4.33. The van der Waals surface area contributed by atoms with Crippen LogP contribution in [-0.2, 0) is 27.4 Å². The summed E-state index contributed by atoms with van der Waals surface area (Å²) in [6.07, 6.45) is -3.90. The predicted molar refractivity (Wildman–Crippen MR) is 103 cm³/mol. The number of sulfonamides is 1. The van der Waals surface area contributed by atoms with Crippen molar-refractivity contribution in [1.82, 2.24) is 0 Å². The summed E-state index contributed by atoms with van der Waals surface area (Å²) >= 11 is 3.26. The number of carbonyl (C=O) groups excluding carboxylic acids is 1. The van der Waals surface area contributed by atoms with Crippen LogP contribution in [0.25, 0.3) is 0 Å². The van der Waals surface area contributed by atoms with Gasteiger partial charge in [0.2, 0.25) is 5.91 Å². The average Bonchev–Trinajstić information content (AvgIpc) is 3.03. The lowest BCUT2D eigenvalue weighted by Crippen LogP contribution is -2.29. The van der Waals surface area contributed by atoms with Crippen LogP contribution in [-0.4, -0.2) is 20.9 Å². The Balaban J connectivity index is 2.05. The van der Waals surface area contributed by atoms with Crippen molar-refractivity contribution >= 4 is 43.2 Å². The second-order valence-corrected chi connectivity index (χ2v) is 8.81. The van der Waals surface area contributed by atoms with Gasteiger partial charge in [0.1, 0.15) is 4.90 Å². The van der Waals surface area contributed by atoms with Gasteiger partial charge in [0.25, 0.3) is 10.0 Å². The first-order chi connectivity index (χ1) is 13.0. The minimum atomic E-state index is -4.59. The number of halogens is 4. The van der Waals surface area contributed by atoms with Crippen LogP contribution in [0.4, 0.5) is 24.5 Å². The highest BCUT2D eigenvalue weighted by atomic mass is 79.9. The van der Waals surface area contributed by atoms with Crippen LogP contribution >= 0.6 is 15.9 Å². The molecule has 1 amide bonds. The van der Waals surface area contributed by atoms with E-state index in [9.17, 15) is 26.4 Å². The Labute approximate surface area is 168 Å². The van der Waals surface area contributed by atoms with Crippen LogP contribution in [0, 0.1) is 0 Å². The fourth-order valence-corrected chi connectivity index (χ4v) is 5.07. The largest absolute Gasteiger partial charge is 0.416 e. The Morgan fingerprint density at radius 2 is 1.96 bits per heavy atom. The maximum absolute atomic E-state index is 13.0. The molecule has 0 saturated carbocycles. The van der Waals surface area contributed by atoms with Crippen molar-refractivity contribution in [1.29, 1.82) is 0 Å². The molecule has 0 atom stereocenters. The van der Waals surface area contributed by atoms with E-state index < -0.39 is 21.8 Å². The van der Waals surface area contributed by atoms with Crippen LogP contribution in [0.5, 0.6) is 0 Å². The van der Waals surface area contributed by atoms with Gasteiger partial charge in [-0.3, -0.25) is 9.52 Å². The quantitative estimate of drug-likeness (QED) is 0.702. The molecule has 2 aromatic rings. The Morgan fingerprint density at radius 1 is 1.25 bits per heavy atom. The highest BCUT2D eigenvalue weighted by molar-refractivity contribution is 9.10. The summed E-state index contributed by atoms with van der Waals surface area (Å²) in [4.78, 5) is 13.5. The number of amides is 1. The lowest BCUT2D eigenvalue weighted by Gasteiger charge is -2.21. The number of rotatable bonds is 4. The fraction of sp³-hybridized carbons (Fsp3) is 0.278. The van der Waals surface area contributed by atoms with E-state index >= 15 is 0 Å². The van der Waals surface area contributed by atoms with Gasteiger partial charge in [-0.1, -0.05) is 28.9 Å². The highest BCUT2D eigenvalue weighted by Crippen LogP contribution is 2.39. The topological polar surface area (TPSA) is 66.5 Å². The van der Waals surface area contributed by atoms with Crippen molar-refractivity contribution in [3.05, 3.63) is 52.0 Å². The zero-order valence-electron chi connectivity index (χ0n) is 14.7. The number of fused-ring (bicyclic) bond motifs is 1. The summed E-state index contributed by atoms with van der Waals surface area (Å²) in [7, 11) is -4.24. The van der Waals surface area contributed by atoms with E-state index in [0.717, 1.165) is 18.2 Å². The first-order valence-electron chi connectivity index (χ1n) is 8.36. The number of anilines is 2. The van der Waals surface area contributed by atoms with Gasteiger partial charge in [-0.05, 0) is 42.3 Å². The smallest absolute Gasteiger partial charge is 0.310 e. The third-order valence-corrected chi connectivity index (χ3v) is 6.18. The molecule has 0 radical (unpaired) electrons. The molecule has 0 fully saturated rings. The number of alkyl halides is 3. The van der Waals surface area contributed by atoms with Crippen LogP contribution < -0.4 is 9.62 Å². The van der Waals surface area contributed by atoms with Gasteiger partial charge in [0, 0.05) is 23.1 Å². The van der Waals surface area contributed by atoms with Gasteiger partial charge in [-0.15, -0.1) is 0 Å². The predicted octanol–water partition coefficient (Wildman–Crippen LogP) is 4.57. The Hall–Kier alpha value is -2.07. The molecule has 0 saturated heterocycles. The number of hydrogen-bond acceptors (Lipinski definition) is 3. The first kappa shape index (κ1) is 20.7. The minimum absolute atomic E-state index is 0.159. The van der Waals surface area contributed by atoms with E-state index in [4.69, 9.17) is 0 Å². The molecule has 0 bridgehead atoms. The molecule has 1 heterocycles. The number of nitrogens with zero attached hydrogens (tertiary/aromatic N) is 1. The lowest BCUT2D eigenvalue weighted by atomic mass is 10.2. The van der Waals surface area contributed by atoms with Crippen molar-refractivity contribution < 1.29 is 26.4 Å². The summed E-state index contributed by atoms with van der Waals surface area (Å²) in [6.45, 7) is 2.03. The Morgan fingerprint density at radius 3 is 2.61 bits per heavy atom.